The van der Waals surface area contributed by atoms with Gasteiger partial charge >= 0.3 is 0 Å². The number of para-hydroxylation sites is 1. The summed E-state index contributed by atoms with van der Waals surface area (Å²) in [6, 6.07) is 5.41. The molecular weight excluding hydrogens is 542 g/mol. The molecule has 1 N–H and O–H groups in total. The molecule has 0 saturated carbocycles. The molecule has 3 heterocycles. The third-order valence-corrected chi connectivity index (χ3v) is 9.26. The highest BCUT2D eigenvalue weighted by molar-refractivity contribution is 6.34. The molecule has 3 saturated heterocycles. The Balaban J connectivity index is 1.87. The Labute approximate surface area is 248 Å². The fourth-order valence-electron chi connectivity index (χ4n) is 7.40. The Morgan fingerprint density at radius 2 is 1.88 bits per heavy atom. The predicted octanol–water partition coefficient (Wildman–Crippen LogP) is 4.46. The van der Waals surface area contributed by atoms with Gasteiger partial charge in [0.25, 0.3) is 5.91 Å². The Kier molecular flexibility index (Phi) is 9.36. The Morgan fingerprint density at radius 1 is 1.20 bits per heavy atom. The third-order valence-electron chi connectivity index (χ3n) is 8.94. The number of fused-ring (bicyclic) bond motifs is 1. The van der Waals surface area contributed by atoms with Gasteiger partial charge in [-0.2, -0.15) is 0 Å². The lowest BCUT2D eigenvalue weighted by molar-refractivity contribution is -0.152. The molecule has 0 radical (unpaired) electrons. The molecule has 0 aliphatic carbocycles. The number of hydrogen-bond donors (Lipinski definition) is 1. The monoisotopic (exact) mass is 585 g/mol. The van der Waals surface area contributed by atoms with Gasteiger partial charge in [0, 0.05) is 19.6 Å². The summed E-state index contributed by atoms with van der Waals surface area (Å²) in [4.78, 5) is 48.3. The summed E-state index contributed by atoms with van der Waals surface area (Å²) in [5.41, 5.74) is -1.60. The van der Waals surface area contributed by atoms with Crippen molar-refractivity contribution in [3.63, 3.8) is 0 Å². The van der Waals surface area contributed by atoms with E-state index in [0.717, 1.165) is 6.42 Å². The van der Waals surface area contributed by atoms with Gasteiger partial charge in [-0.15, -0.1) is 13.2 Å². The largest absolute Gasteiger partial charge is 0.394 e. The number of nitrogens with zero attached hydrogens (tertiary/aromatic N) is 3. The van der Waals surface area contributed by atoms with E-state index in [0.29, 0.717) is 43.1 Å². The molecule has 3 amide bonds. The SMILES string of the molecule is C=CCN(CCC)C(=O)[C@H]1[C@H]2C(=O)N([C@@H](CO)CC(C)C)C(C(=O)N(CC=C)c3ccccc3Cl)C23CC[C@]1(C)O3. The van der Waals surface area contributed by atoms with Crippen LogP contribution in [-0.2, 0) is 19.1 Å². The second kappa shape index (κ2) is 12.3. The number of carbonyl (C=O) groups is 3. The van der Waals surface area contributed by atoms with Crippen LogP contribution in [-0.4, -0.2) is 82.2 Å². The number of halogens is 1. The molecule has 1 aromatic carbocycles. The van der Waals surface area contributed by atoms with E-state index in [-0.39, 0.29) is 36.8 Å². The molecule has 0 aromatic heterocycles. The fourth-order valence-corrected chi connectivity index (χ4v) is 7.64. The van der Waals surface area contributed by atoms with E-state index in [4.69, 9.17) is 16.3 Å². The highest BCUT2D eigenvalue weighted by atomic mass is 35.5. The fraction of sp³-hybridized carbons (Fsp3) is 0.594. The molecule has 41 heavy (non-hydrogen) atoms. The lowest BCUT2D eigenvalue weighted by Crippen LogP contribution is -2.59. The minimum atomic E-state index is -1.21. The lowest BCUT2D eigenvalue weighted by Gasteiger charge is -2.40. The number of ether oxygens (including phenoxy) is 1. The standard InChI is InChI=1S/C32H44ClN3O5/c1-7-16-34(17-8-2)28(38)25-26-29(39)36(22(20-37)19-21(4)5)27(32(26)15-14-31(25,6)41-32)30(40)35(18-9-3)24-13-11-10-12-23(24)33/h7,9-13,21-22,25-27,37H,1,3,8,14-20H2,2,4-6H3/t22-,25-,26+,27?,31+,32?/m1/s1. The maximum Gasteiger partial charge on any atom is 0.253 e. The zero-order chi connectivity index (χ0) is 30.1. The van der Waals surface area contributed by atoms with Gasteiger partial charge in [-0.25, -0.2) is 0 Å². The van der Waals surface area contributed by atoms with Crippen molar-refractivity contribution in [2.24, 2.45) is 17.8 Å². The Morgan fingerprint density at radius 3 is 2.46 bits per heavy atom. The molecular formula is C32H44ClN3O5. The molecule has 3 aliphatic rings. The van der Waals surface area contributed by atoms with Crippen LogP contribution < -0.4 is 4.90 Å². The molecule has 8 nitrogen and oxygen atoms in total. The zero-order valence-electron chi connectivity index (χ0n) is 24.7. The molecule has 224 valence electrons. The van der Waals surface area contributed by atoms with Crippen LogP contribution in [0.25, 0.3) is 0 Å². The van der Waals surface area contributed by atoms with Crippen LogP contribution in [0.2, 0.25) is 5.02 Å². The van der Waals surface area contributed by atoms with E-state index in [1.807, 2.05) is 27.7 Å². The van der Waals surface area contributed by atoms with Gasteiger partial charge in [-0.05, 0) is 50.7 Å². The summed E-state index contributed by atoms with van der Waals surface area (Å²) in [6.07, 6.45) is 5.56. The quantitative estimate of drug-likeness (QED) is 0.345. The summed E-state index contributed by atoms with van der Waals surface area (Å²) >= 11 is 6.56. The van der Waals surface area contributed by atoms with E-state index < -0.39 is 35.1 Å². The van der Waals surface area contributed by atoms with Crippen LogP contribution in [0.5, 0.6) is 0 Å². The second-order valence-electron chi connectivity index (χ2n) is 12.2. The van der Waals surface area contributed by atoms with Crippen molar-refractivity contribution in [1.29, 1.82) is 0 Å². The smallest absolute Gasteiger partial charge is 0.253 e. The summed E-state index contributed by atoms with van der Waals surface area (Å²) in [7, 11) is 0. The number of anilines is 1. The molecule has 6 atom stereocenters. The highest BCUT2D eigenvalue weighted by Crippen LogP contribution is 2.64. The van der Waals surface area contributed by atoms with E-state index in [1.165, 1.54) is 4.90 Å². The third kappa shape index (κ3) is 5.23. The van der Waals surface area contributed by atoms with Gasteiger partial charge in [-0.3, -0.25) is 14.4 Å². The van der Waals surface area contributed by atoms with Crippen molar-refractivity contribution in [3.8, 4) is 0 Å². The average molecular weight is 586 g/mol. The molecule has 1 spiro atoms. The zero-order valence-corrected chi connectivity index (χ0v) is 25.5. The van der Waals surface area contributed by atoms with Crippen LogP contribution in [0.4, 0.5) is 5.69 Å². The first kappa shape index (κ1) is 31.3. The van der Waals surface area contributed by atoms with Crippen molar-refractivity contribution in [1.82, 2.24) is 9.80 Å². The number of amides is 3. The number of aliphatic hydroxyl groups is 1. The number of rotatable bonds is 13. The van der Waals surface area contributed by atoms with Gasteiger partial charge in [0.05, 0.1) is 40.8 Å². The maximum absolute atomic E-state index is 14.8. The molecule has 2 unspecified atom stereocenters. The van der Waals surface area contributed by atoms with Crippen LogP contribution in [0.15, 0.2) is 49.6 Å². The van der Waals surface area contributed by atoms with E-state index in [9.17, 15) is 19.5 Å². The second-order valence-corrected chi connectivity index (χ2v) is 12.6. The number of aliphatic hydroxyl groups excluding tert-OH is 1. The van der Waals surface area contributed by atoms with E-state index in [1.54, 1.807) is 46.2 Å². The Bertz CT molecular complexity index is 1190. The predicted molar refractivity (Wildman–Crippen MR) is 160 cm³/mol. The first-order valence-corrected chi connectivity index (χ1v) is 15.1. The first-order chi connectivity index (χ1) is 19.5. The number of carbonyl (C=O) groups excluding carboxylic acids is 3. The number of benzene rings is 1. The van der Waals surface area contributed by atoms with E-state index in [2.05, 4.69) is 13.2 Å². The van der Waals surface area contributed by atoms with Crippen molar-refractivity contribution in [2.75, 3.05) is 31.1 Å². The Hall–Kier alpha value is -2.68. The molecule has 2 bridgehead atoms. The molecule has 3 aliphatic heterocycles. The minimum Gasteiger partial charge on any atom is -0.394 e. The van der Waals surface area contributed by atoms with Crippen molar-refractivity contribution >= 4 is 35.0 Å². The molecule has 1 aromatic rings. The van der Waals surface area contributed by atoms with Crippen LogP contribution >= 0.6 is 11.6 Å². The average Bonchev–Trinajstić information content (AvgIpc) is 3.50. The highest BCUT2D eigenvalue weighted by Gasteiger charge is 2.78. The summed E-state index contributed by atoms with van der Waals surface area (Å²) in [5.74, 6) is -2.25. The van der Waals surface area contributed by atoms with Gasteiger partial charge < -0.3 is 24.5 Å². The van der Waals surface area contributed by atoms with Gasteiger partial charge in [0.15, 0.2) is 0 Å². The van der Waals surface area contributed by atoms with Crippen molar-refractivity contribution < 1.29 is 24.2 Å². The maximum atomic E-state index is 14.8. The van der Waals surface area contributed by atoms with Crippen LogP contribution in [0.3, 0.4) is 0 Å². The molecule has 9 heteroatoms. The van der Waals surface area contributed by atoms with Gasteiger partial charge in [0.2, 0.25) is 11.8 Å². The summed E-state index contributed by atoms with van der Waals surface area (Å²) < 4.78 is 6.82. The van der Waals surface area contributed by atoms with Crippen LogP contribution in [0, 0.1) is 17.8 Å². The van der Waals surface area contributed by atoms with Crippen molar-refractivity contribution in [3.05, 3.63) is 54.6 Å². The summed E-state index contributed by atoms with van der Waals surface area (Å²) in [6.45, 7) is 16.4. The van der Waals surface area contributed by atoms with Gasteiger partial charge in [-0.1, -0.05) is 56.7 Å². The minimum absolute atomic E-state index is 0.152. The van der Waals surface area contributed by atoms with E-state index >= 15 is 0 Å². The van der Waals surface area contributed by atoms with Crippen LogP contribution in [0.1, 0.15) is 53.4 Å². The molecule has 3 fully saturated rings. The normalized spacial score (nSPS) is 29.0. The topological polar surface area (TPSA) is 90.4 Å². The summed E-state index contributed by atoms with van der Waals surface area (Å²) in [5, 5.41) is 11.0. The first-order valence-electron chi connectivity index (χ1n) is 14.7. The number of likely N-dealkylation sites (tertiary alicyclic amines) is 1. The number of hydrogen-bond acceptors (Lipinski definition) is 5. The lowest BCUT2D eigenvalue weighted by atomic mass is 9.66. The van der Waals surface area contributed by atoms with Crippen molar-refractivity contribution in [2.45, 2.75) is 76.7 Å². The van der Waals surface area contributed by atoms with Gasteiger partial charge in [0.1, 0.15) is 11.6 Å². The molecule has 4 rings (SSSR count).